The number of hydrogen-bond donors (Lipinski definition) is 0. The van der Waals surface area contributed by atoms with Crippen molar-refractivity contribution in [3.63, 3.8) is 0 Å². The van der Waals surface area contributed by atoms with Crippen molar-refractivity contribution in [2.75, 3.05) is 7.05 Å². The molecule has 0 spiro atoms. The molecule has 4 heteroatoms. The van der Waals surface area contributed by atoms with Crippen molar-refractivity contribution >= 4 is 11.7 Å². The molecule has 0 saturated carbocycles. The van der Waals surface area contributed by atoms with E-state index in [9.17, 15) is 9.59 Å². The first-order chi connectivity index (χ1) is 9.65. The Balaban J connectivity index is 1.95. The Bertz CT molecular complexity index is 679. The van der Waals surface area contributed by atoms with Gasteiger partial charge in [-0.1, -0.05) is 42.5 Å². The van der Waals surface area contributed by atoms with Crippen LogP contribution in [0.15, 0.2) is 48.5 Å². The number of ketones is 1. The maximum Gasteiger partial charge on any atom is 0.259 e. The summed E-state index contributed by atoms with van der Waals surface area (Å²) < 4.78 is 0. The summed E-state index contributed by atoms with van der Waals surface area (Å²) in [7, 11) is 1.57. The molecule has 1 amide bonds. The summed E-state index contributed by atoms with van der Waals surface area (Å²) in [4.78, 5) is 29.3. The summed E-state index contributed by atoms with van der Waals surface area (Å²) >= 11 is 0. The Morgan fingerprint density at radius 2 is 1.85 bits per heavy atom. The van der Waals surface area contributed by atoms with E-state index >= 15 is 0 Å². The Labute approximate surface area is 116 Å². The summed E-state index contributed by atoms with van der Waals surface area (Å²) in [5, 5.41) is 1.19. The van der Waals surface area contributed by atoms with Gasteiger partial charge in [-0.15, -0.1) is 0 Å². The molecule has 0 saturated heterocycles. The fraction of sp³-hybridized carbons (Fsp3) is 0.125. The highest BCUT2D eigenvalue weighted by atomic mass is 16.7. The number of rotatable bonds is 2. The van der Waals surface area contributed by atoms with Crippen molar-refractivity contribution in [3.8, 4) is 5.75 Å². The van der Waals surface area contributed by atoms with E-state index in [2.05, 4.69) is 0 Å². The fourth-order valence-electron chi connectivity index (χ4n) is 2.16. The number of hydrogen-bond acceptors (Lipinski definition) is 3. The molecule has 3 rings (SSSR count). The van der Waals surface area contributed by atoms with Gasteiger partial charge in [-0.05, 0) is 6.07 Å². The third-order valence-electron chi connectivity index (χ3n) is 3.29. The highest BCUT2D eigenvalue weighted by Gasteiger charge is 2.23. The topological polar surface area (TPSA) is 46.6 Å². The van der Waals surface area contributed by atoms with Gasteiger partial charge in [0.1, 0.15) is 0 Å². The molecule has 1 aliphatic rings. The number of carbonyl (C=O) groups is 2. The third kappa shape index (κ3) is 2.16. The number of carbonyl (C=O) groups excluding carboxylic acids is 2. The zero-order valence-corrected chi connectivity index (χ0v) is 11.0. The second-order valence-corrected chi connectivity index (χ2v) is 4.68. The van der Waals surface area contributed by atoms with Gasteiger partial charge >= 0.3 is 0 Å². The van der Waals surface area contributed by atoms with Gasteiger partial charge in [0, 0.05) is 23.7 Å². The Kier molecular flexibility index (Phi) is 2.99. The van der Waals surface area contributed by atoms with Crippen LogP contribution < -0.4 is 4.84 Å². The molecule has 100 valence electrons. The highest BCUT2D eigenvalue weighted by Crippen LogP contribution is 2.27. The molecule has 0 atom stereocenters. The molecule has 0 aromatic heterocycles. The number of fused-ring (bicyclic) bond motifs is 1. The minimum atomic E-state index is -0.0976. The van der Waals surface area contributed by atoms with Crippen LogP contribution in [0.1, 0.15) is 21.5 Å². The van der Waals surface area contributed by atoms with Crippen LogP contribution in [0.3, 0.4) is 0 Å². The van der Waals surface area contributed by atoms with Crippen LogP contribution >= 0.6 is 0 Å². The summed E-state index contributed by atoms with van der Waals surface area (Å²) in [6.07, 6.45) is 0.297. The van der Waals surface area contributed by atoms with E-state index in [0.717, 1.165) is 5.56 Å². The predicted molar refractivity (Wildman–Crippen MR) is 73.4 cm³/mol. The monoisotopic (exact) mass is 267 g/mol. The van der Waals surface area contributed by atoms with Crippen molar-refractivity contribution in [1.82, 2.24) is 5.06 Å². The maximum atomic E-state index is 12.3. The quantitative estimate of drug-likeness (QED) is 0.784. The van der Waals surface area contributed by atoms with Gasteiger partial charge in [-0.25, -0.2) is 0 Å². The van der Waals surface area contributed by atoms with Crippen molar-refractivity contribution < 1.29 is 14.4 Å². The molecule has 0 radical (unpaired) electrons. The van der Waals surface area contributed by atoms with Gasteiger partial charge in [0.2, 0.25) is 0 Å². The van der Waals surface area contributed by atoms with Gasteiger partial charge in [0.25, 0.3) is 5.91 Å². The largest absolute Gasteiger partial charge is 0.377 e. The lowest BCUT2D eigenvalue weighted by Gasteiger charge is -2.24. The van der Waals surface area contributed by atoms with E-state index in [1.165, 1.54) is 5.06 Å². The standard InChI is InChI=1S/C16H13NO3/c1-17-15(18)10-12-7-8-13(9-14(12)20-17)16(19)11-5-3-2-4-6-11/h2-9H,10H2,1H3. The second kappa shape index (κ2) is 4.81. The number of amides is 1. The zero-order valence-electron chi connectivity index (χ0n) is 11.0. The van der Waals surface area contributed by atoms with Gasteiger partial charge in [-0.3, -0.25) is 9.59 Å². The molecule has 0 unspecified atom stereocenters. The van der Waals surface area contributed by atoms with Crippen molar-refractivity contribution in [2.45, 2.75) is 6.42 Å². The molecular formula is C16H13NO3. The van der Waals surface area contributed by atoms with E-state index in [-0.39, 0.29) is 11.7 Å². The van der Waals surface area contributed by atoms with E-state index in [0.29, 0.717) is 23.3 Å². The van der Waals surface area contributed by atoms with E-state index in [1.54, 1.807) is 37.4 Å². The SMILES string of the molecule is CN1Oc2cc(C(=O)c3ccccc3)ccc2CC1=O. The van der Waals surface area contributed by atoms with Crippen LogP contribution in [-0.4, -0.2) is 23.8 Å². The van der Waals surface area contributed by atoms with Crippen LogP contribution in [0, 0.1) is 0 Å². The average molecular weight is 267 g/mol. The van der Waals surface area contributed by atoms with Crippen LogP contribution in [0.2, 0.25) is 0 Å². The molecule has 0 fully saturated rings. The lowest BCUT2D eigenvalue weighted by Crippen LogP contribution is -2.35. The number of benzene rings is 2. The lowest BCUT2D eigenvalue weighted by atomic mass is 10.00. The maximum absolute atomic E-state index is 12.3. The average Bonchev–Trinajstić information content (AvgIpc) is 2.48. The minimum absolute atomic E-state index is 0.0587. The minimum Gasteiger partial charge on any atom is -0.377 e. The molecular weight excluding hydrogens is 254 g/mol. The Hall–Kier alpha value is -2.62. The smallest absolute Gasteiger partial charge is 0.259 e. The fourth-order valence-corrected chi connectivity index (χ4v) is 2.16. The molecule has 2 aromatic carbocycles. The number of likely N-dealkylation sites (N-methyl/N-ethyl adjacent to an activating group) is 1. The number of hydroxylamine groups is 2. The third-order valence-corrected chi connectivity index (χ3v) is 3.29. The van der Waals surface area contributed by atoms with E-state index in [1.807, 2.05) is 18.2 Å². The van der Waals surface area contributed by atoms with E-state index in [4.69, 9.17) is 4.84 Å². The van der Waals surface area contributed by atoms with Gasteiger partial charge < -0.3 is 4.84 Å². The predicted octanol–water partition coefficient (Wildman–Crippen LogP) is 2.23. The second-order valence-electron chi connectivity index (χ2n) is 4.68. The van der Waals surface area contributed by atoms with Crippen LogP contribution in [0.25, 0.3) is 0 Å². The number of nitrogens with zero attached hydrogens (tertiary/aromatic N) is 1. The van der Waals surface area contributed by atoms with E-state index < -0.39 is 0 Å². The van der Waals surface area contributed by atoms with Crippen molar-refractivity contribution in [3.05, 3.63) is 65.2 Å². The normalized spacial score (nSPS) is 13.7. The summed E-state index contributed by atoms with van der Waals surface area (Å²) in [6, 6.07) is 14.3. The van der Waals surface area contributed by atoms with Crippen molar-refractivity contribution in [2.24, 2.45) is 0 Å². The zero-order chi connectivity index (χ0) is 14.1. The summed E-state index contributed by atoms with van der Waals surface area (Å²) in [5.41, 5.74) is 1.99. The lowest BCUT2D eigenvalue weighted by molar-refractivity contribution is -0.154. The molecule has 2 aromatic rings. The molecule has 0 aliphatic carbocycles. The molecule has 1 heterocycles. The van der Waals surface area contributed by atoms with Gasteiger partial charge in [0.15, 0.2) is 11.5 Å². The molecule has 4 nitrogen and oxygen atoms in total. The highest BCUT2D eigenvalue weighted by molar-refractivity contribution is 6.09. The van der Waals surface area contributed by atoms with Crippen molar-refractivity contribution in [1.29, 1.82) is 0 Å². The van der Waals surface area contributed by atoms with Crippen LogP contribution in [0.5, 0.6) is 5.75 Å². The molecule has 0 bridgehead atoms. The Morgan fingerprint density at radius 3 is 2.60 bits per heavy atom. The first kappa shape index (κ1) is 12.4. The molecule has 0 N–H and O–H groups in total. The Morgan fingerprint density at radius 1 is 1.10 bits per heavy atom. The van der Waals surface area contributed by atoms with Gasteiger partial charge in [-0.2, -0.15) is 5.06 Å². The summed E-state index contributed by atoms with van der Waals surface area (Å²) in [6.45, 7) is 0. The molecule has 20 heavy (non-hydrogen) atoms. The van der Waals surface area contributed by atoms with Crippen LogP contribution in [0.4, 0.5) is 0 Å². The molecule has 1 aliphatic heterocycles. The summed E-state index contributed by atoms with van der Waals surface area (Å²) in [5.74, 6) is 0.407. The first-order valence-electron chi connectivity index (χ1n) is 6.32. The van der Waals surface area contributed by atoms with Gasteiger partial charge in [0.05, 0.1) is 6.42 Å². The van der Waals surface area contributed by atoms with Crippen LogP contribution in [-0.2, 0) is 11.2 Å². The first-order valence-corrected chi connectivity index (χ1v) is 6.32.